The topological polar surface area (TPSA) is 96.2 Å². The van der Waals surface area contributed by atoms with Crippen LogP contribution in [0.1, 0.15) is 13.3 Å². The van der Waals surface area contributed by atoms with Crippen LogP contribution in [-0.2, 0) is 10.2 Å². The number of hydrazine groups is 1. The van der Waals surface area contributed by atoms with Crippen LogP contribution in [0.4, 0.5) is 0 Å². The second kappa shape index (κ2) is 5.25. The molecule has 0 saturated carbocycles. The van der Waals surface area contributed by atoms with Gasteiger partial charge in [0.15, 0.2) is 5.11 Å². The first kappa shape index (κ1) is 11.6. The summed E-state index contributed by atoms with van der Waals surface area (Å²) in [5.74, 6) is 0. The van der Waals surface area contributed by atoms with Crippen molar-refractivity contribution < 1.29 is 8.42 Å². The Kier molecular flexibility index (Phi) is 5.06. The highest BCUT2D eigenvalue weighted by Gasteiger charge is 2.06. The van der Waals surface area contributed by atoms with Crippen molar-refractivity contribution in [1.29, 1.82) is 0 Å². The summed E-state index contributed by atoms with van der Waals surface area (Å²) in [4.78, 5) is 1.94. The first-order valence-electron chi connectivity index (χ1n) is 3.30. The van der Waals surface area contributed by atoms with E-state index in [9.17, 15) is 8.42 Å². The third-order valence-corrected chi connectivity index (χ3v) is 1.91. The maximum Gasteiger partial charge on any atom is 0.293 e. The number of hydrogen-bond donors (Lipinski definition) is 4. The number of nitrogens with two attached hydrogens (primary N) is 1. The van der Waals surface area contributed by atoms with Crippen LogP contribution in [0.5, 0.6) is 0 Å². The van der Waals surface area contributed by atoms with Crippen LogP contribution in [-0.4, -0.2) is 20.1 Å². The molecule has 0 aliphatic carbocycles. The third kappa shape index (κ3) is 6.28. The van der Waals surface area contributed by atoms with Crippen LogP contribution in [0, 0.1) is 0 Å². The molecular weight excluding hydrogens is 200 g/mol. The zero-order valence-electron chi connectivity index (χ0n) is 6.62. The second-order valence-electron chi connectivity index (χ2n) is 1.99. The fraction of sp³-hybridized carbons (Fsp3) is 0.750. The lowest BCUT2D eigenvalue weighted by atomic mass is 10.5. The molecule has 8 heteroatoms. The zero-order valence-corrected chi connectivity index (χ0v) is 8.26. The Labute approximate surface area is 77.0 Å². The van der Waals surface area contributed by atoms with Crippen LogP contribution in [0.3, 0.4) is 0 Å². The highest BCUT2D eigenvalue weighted by Crippen LogP contribution is 1.75. The Morgan fingerprint density at radius 3 is 2.58 bits per heavy atom. The molecule has 0 atom stereocenters. The molecule has 0 aliphatic heterocycles. The van der Waals surface area contributed by atoms with E-state index in [4.69, 9.17) is 5.73 Å². The smallest absolute Gasteiger partial charge is 0.293 e. The minimum Gasteiger partial charge on any atom is -0.375 e. The van der Waals surface area contributed by atoms with Crippen LogP contribution in [0.25, 0.3) is 0 Å². The first-order valence-corrected chi connectivity index (χ1v) is 5.19. The van der Waals surface area contributed by atoms with Gasteiger partial charge in [-0.2, -0.15) is 8.42 Å². The summed E-state index contributed by atoms with van der Waals surface area (Å²) in [5.41, 5.74) is 7.10. The van der Waals surface area contributed by atoms with E-state index in [-0.39, 0.29) is 5.11 Å². The maximum absolute atomic E-state index is 10.9. The summed E-state index contributed by atoms with van der Waals surface area (Å²) in [7, 11) is -3.52. The van der Waals surface area contributed by atoms with Crippen molar-refractivity contribution in [1.82, 2.24) is 15.0 Å². The van der Waals surface area contributed by atoms with Gasteiger partial charge in [0.05, 0.1) is 0 Å². The normalized spacial score (nSPS) is 11.1. The van der Waals surface area contributed by atoms with E-state index in [1.807, 2.05) is 11.8 Å². The molecule has 0 aliphatic rings. The van der Waals surface area contributed by atoms with Gasteiger partial charge in [-0.1, -0.05) is 6.92 Å². The zero-order chi connectivity index (χ0) is 9.61. The van der Waals surface area contributed by atoms with E-state index in [1.54, 1.807) is 0 Å². The highest BCUT2D eigenvalue weighted by atomic mass is 32.2. The molecule has 0 fully saturated rings. The quantitative estimate of drug-likeness (QED) is 0.331. The van der Waals surface area contributed by atoms with Crippen LogP contribution < -0.4 is 20.7 Å². The summed E-state index contributed by atoms with van der Waals surface area (Å²) < 4.78 is 24.0. The van der Waals surface area contributed by atoms with Crippen molar-refractivity contribution >= 4 is 27.5 Å². The molecule has 0 aromatic carbocycles. The molecule has 0 rings (SSSR count). The van der Waals surface area contributed by atoms with Crippen molar-refractivity contribution in [2.24, 2.45) is 5.73 Å². The number of hydrogen-bond acceptors (Lipinski definition) is 3. The number of thiocarbonyl (C=S) groups is 1. The standard InChI is InChI=1S/C4H12N4O2S2/c1-2-3-6-12(9,10)8-7-4(5)11/h6,8H,2-3H2,1H3,(H3,5,7,11). The molecule has 0 saturated heterocycles. The van der Waals surface area contributed by atoms with E-state index in [1.165, 1.54) is 0 Å². The van der Waals surface area contributed by atoms with E-state index in [0.717, 1.165) is 0 Å². The molecule has 5 N–H and O–H groups in total. The molecule has 0 radical (unpaired) electrons. The van der Waals surface area contributed by atoms with Crippen LogP contribution >= 0.6 is 12.2 Å². The summed E-state index contributed by atoms with van der Waals surface area (Å²) in [6.45, 7) is 2.22. The van der Waals surface area contributed by atoms with Gasteiger partial charge in [-0.05, 0) is 18.6 Å². The second-order valence-corrected chi connectivity index (χ2v) is 3.93. The summed E-state index contributed by atoms with van der Waals surface area (Å²) in [6.07, 6.45) is 0.716. The largest absolute Gasteiger partial charge is 0.375 e. The van der Waals surface area contributed by atoms with Gasteiger partial charge in [0, 0.05) is 6.54 Å². The van der Waals surface area contributed by atoms with Gasteiger partial charge in [-0.25, -0.2) is 4.72 Å². The minimum absolute atomic E-state index is 0.128. The molecule has 0 bridgehead atoms. The number of rotatable bonds is 5. The van der Waals surface area contributed by atoms with E-state index < -0.39 is 10.2 Å². The van der Waals surface area contributed by atoms with E-state index in [2.05, 4.69) is 22.4 Å². The average Bonchev–Trinajstić information content (AvgIpc) is 1.98. The minimum atomic E-state index is -3.52. The molecule has 0 heterocycles. The van der Waals surface area contributed by atoms with E-state index >= 15 is 0 Å². The SMILES string of the molecule is CCCNS(=O)(=O)NNC(N)=S. The Hall–Kier alpha value is -0.440. The Bertz CT molecular complexity index is 237. The van der Waals surface area contributed by atoms with Gasteiger partial charge in [0.25, 0.3) is 10.2 Å². The van der Waals surface area contributed by atoms with Gasteiger partial charge < -0.3 is 5.73 Å². The highest BCUT2D eigenvalue weighted by molar-refractivity contribution is 7.87. The number of nitrogens with one attached hydrogen (secondary N) is 3. The lowest BCUT2D eigenvalue weighted by molar-refractivity contribution is 0.561. The van der Waals surface area contributed by atoms with Gasteiger partial charge in [0.2, 0.25) is 0 Å². The molecule has 72 valence electrons. The fourth-order valence-electron chi connectivity index (χ4n) is 0.390. The molecule has 0 aromatic rings. The molecule has 12 heavy (non-hydrogen) atoms. The predicted octanol–water partition coefficient (Wildman–Crippen LogP) is -1.43. The third-order valence-electron chi connectivity index (χ3n) is 0.851. The molecule has 6 nitrogen and oxygen atoms in total. The Morgan fingerprint density at radius 2 is 2.17 bits per heavy atom. The molecule has 0 aromatic heterocycles. The van der Waals surface area contributed by atoms with Gasteiger partial charge in [0.1, 0.15) is 0 Å². The van der Waals surface area contributed by atoms with Crippen molar-refractivity contribution in [2.75, 3.05) is 6.54 Å². The lowest BCUT2D eigenvalue weighted by Gasteiger charge is -2.07. The average molecular weight is 212 g/mol. The molecule has 0 amide bonds. The Morgan fingerprint density at radius 1 is 1.58 bits per heavy atom. The molecule has 0 unspecified atom stereocenters. The van der Waals surface area contributed by atoms with Gasteiger partial charge >= 0.3 is 0 Å². The molecular formula is C4H12N4O2S2. The van der Waals surface area contributed by atoms with Crippen molar-refractivity contribution in [2.45, 2.75) is 13.3 Å². The summed E-state index contributed by atoms with van der Waals surface area (Å²) in [6, 6.07) is 0. The monoisotopic (exact) mass is 212 g/mol. The van der Waals surface area contributed by atoms with Crippen molar-refractivity contribution in [3.8, 4) is 0 Å². The predicted molar refractivity (Wildman–Crippen MR) is 50.3 cm³/mol. The Balaban J connectivity index is 3.80. The summed E-state index contributed by atoms with van der Waals surface area (Å²) in [5, 5.41) is -0.128. The van der Waals surface area contributed by atoms with E-state index in [0.29, 0.717) is 13.0 Å². The van der Waals surface area contributed by atoms with Crippen LogP contribution in [0.15, 0.2) is 0 Å². The molecule has 0 spiro atoms. The first-order chi connectivity index (χ1) is 5.48. The maximum atomic E-state index is 10.9. The van der Waals surface area contributed by atoms with Crippen molar-refractivity contribution in [3.63, 3.8) is 0 Å². The van der Waals surface area contributed by atoms with Crippen molar-refractivity contribution in [3.05, 3.63) is 0 Å². The fourth-order valence-corrected chi connectivity index (χ4v) is 1.29. The van der Waals surface area contributed by atoms with Gasteiger partial charge in [-0.3, -0.25) is 5.43 Å². The summed E-state index contributed by atoms with van der Waals surface area (Å²) >= 11 is 4.39. The lowest BCUT2D eigenvalue weighted by Crippen LogP contribution is -2.49. The van der Waals surface area contributed by atoms with Crippen LogP contribution in [0.2, 0.25) is 0 Å². The van der Waals surface area contributed by atoms with Gasteiger partial charge in [-0.15, -0.1) is 4.83 Å².